The highest BCUT2D eigenvalue weighted by Gasteiger charge is 2.31. The molecule has 0 radical (unpaired) electrons. The summed E-state index contributed by atoms with van der Waals surface area (Å²) < 4.78 is 0. The van der Waals surface area contributed by atoms with Crippen molar-refractivity contribution in [2.45, 2.75) is 39.2 Å². The Hall–Kier alpha value is -3.15. The lowest BCUT2D eigenvalue weighted by atomic mass is 10.0. The molecule has 0 aromatic heterocycles. The number of hydrogen-bond acceptors (Lipinski definition) is 3. The number of piperazine rings is 1. The first kappa shape index (κ1) is 23.5. The van der Waals surface area contributed by atoms with Gasteiger partial charge in [-0.05, 0) is 36.5 Å². The predicted octanol–water partition coefficient (Wildman–Crippen LogP) is 3.13. The molecule has 1 heterocycles. The van der Waals surface area contributed by atoms with E-state index in [9.17, 15) is 14.4 Å². The lowest BCUT2D eigenvalue weighted by molar-refractivity contribution is -0.141. The Labute approximate surface area is 190 Å². The van der Waals surface area contributed by atoms with Crippen molar-refractivity contribution in [2.24, 2.45) is 5.92 Å². The van der Waals surface area contributed by atoms with Crippen molar-refractivity contribution in [1.29, 1.82) is 0 Å². The van der Waals surface area contributed by atoms with E-state index in [1.165, 1.54) is 5.56 Å². The quantitative estimate of drug-likeness (QED) is 0.693. The fraction of sp³-hybridized carbons (Fsp3) is 0.423. The lowest BCUT2D eigenvalue weighted by Gasteiger charge is -2.37. The first-order chi connectivity index (χ1) is 15.5. The molecule has 3 amide bonds. The molecule has 6 heteroatoms. The molecule has 0 bridgehead atoms. The van der Waals surface area contributed by atoms with Gasteiger partial charge in [0.1, 0.15) is 6.04 Å². The van der Waals surface area contributed by atoms with Gasteiger partial charge in [-0.1, -0.05) is 62.4 Å². The summed E-state index contributed by atoms with van der Waals surface area (Å²) in [6, 6.07) is 18.5. The summed E-state index contributed by atoms with van der Waals surface area (Å²) >= 11 is 0. The summed E-state index contributed by atoms with van der Waals surface area (Å²) in [5.41, 5.74) is 1.78. The van der Waals surface area contributed by atoms with E-state index in [0.29, 0.717) is 38.2 Å². The van der Waals surface area contributed by atoms with Gasteiger partial charge in [-0.15, -0.1) is 0 Å². The maximum Gasteiger partial charge on any atom is 0.251 e. The normalized spacial score (nSPS) is 14.8. The maximum atomic E-state index is 13.1. The van der Waals surface area contributed by atoms with Gasteiger partial charge in [0.15, 0.2) is 0 Å². The molecule has 0 spiro atoms. The average Bonchev–Trinajstić information content (AvgIpc) is 2.83. The van der Waals surface area contributed by atoms with Crippen LogP contribution in [-0.4, -0.2) is 59.7 Å². The zero-order valence-electron chi connectivity index (χ0n) is 19.0. The van der Waals surface area contributed by atoms with Gasteiger partial charge in [-0.3, -0.25) is 14.4 Å². The van der Waals surface area contributed by atoms with Crippen molar-refractivity contribution in [3.05, 3.63) is 71.8 Å². The van der Waals surface area contributed by atoms with Crippen molar-refractivity contribution in [1.82, 2.24) is 15.1 Å². The molecule has 1 atom stereocenters. The van der Waals surface area contributed by atoms with Gasteiger partial charge in [-0.2, -0.15) is 0 Å². The monoisotopic (exact) mass is 435 g/mol. The first-order valence-corrected chi connectivity index (χ1v) is 11.4. The van der Waals surface area contributed by atoms with Crippen LogP contribution in [0.3, 0.4) is 0 Å². The van der Waals surface area contributed by atoms with Gasteiger partial charge >= 0.3 is 0 Å². The van der Waals surface area contributed by atoms with Crippen LogP contribution >= 0.6 is 0 Å². The van der Waals surface area contributed by atoms with Crippen LogP contribution in [0.15, 0.2) is 60.7 Å². The number of hydrogen-bond donors (Lipinski definition) is 1. The summed E-state index contributed by atoms with van der Waals surface area (Å²) in [4.78, 5) is 41.9. The zero-order valence-corrected chi connectivity index (χ0v) is 19.0. The van der Waals surface area contributed by atoms with Crippen LogP contribution in [0.5, 0.6) is 0 Å². The Balaban J connectivity index is 1.47. The highest BCUT2D eigenvalue weighted by molar-refractivity contribution is 5.97. The molecule has 1 fully saturated rings. The fourth-order valence-corrected chi connectivity index (χ4v) is 3.95. The van der Waals surface area contributed by atoms with Crippen molar-refractivity contribution >= 4 is 17.7 Å². The molecule has 2 aromatic carbocycles. The third-order valence-electron chi connectivity index (χ3n) is 5.90. The van der Waals surface area contributed by atoms with Crippen molar-refractivity contribution < 1.29 is 14.4 Å². The lowest BCUT2D eigenvalue weighted by Crippen LogP contribution is -2.57. The van der Waals surface area contributed by atoms with Crippen molar-refractivity contribution in [3.8, 4) is 0 Å². The van der Waals surface area contributed by atoms with Gasteiger partial charge in [0, 0.05) is 38.2 Å². The van der Waals surface area contributed by atoms with Gasteiger partial charge in [0.05, 0.1) is 0 Å². The highest BCUT2D eigenvalue weighted by atomic mass is 16.2. The van der Waals surface area contributed by atoms with Crippen LogP contribution in [0.2, 0.25) is 0 Å². The second-order valence-corrected chi connectivity index (χ2v) is 8.61. The predicted molar refractivity (Wildman–Crippen MR) is 125 cm³/mol. The van der Waals surface area contributed by atoms with E-state index < -0.39 is 6.04 Å². The Morgan fingerprint density at radius 2 is 1.41 bits per heavy atom. The Morgan fingerprint density at radius 3 is 2.00 bits per heavy atom. The zero-order chi connectivity index (χ0) is 22.9. The molecule has 3 rings (SSSR count). The fourth-order valence-electron chi connectivity index (χ4n) is 3.95. The molecule has 1 aliphatic heterocycles. The molecule has 170 valence electrons. The van der Waals surface area contributed by atoms with Crippen molar-refractivity contribution in [3.63, 3.8) is 0 Å². The average molecular weight is 436 g/mol. The number of carbonyl (C=O) groups is 3. The van der Waals surface area contributed by atoms with E-state index in [0.717, 1.165) is 12.8 Å². The number of carbonyl (C=O) groups excluding carboxylic acids is 3. The van der Waals surface area contributed by atoms with E-state index in [-0.39, 0.29) is 23.6 Å². The Kier molecular flexibility index (Phi) is 8.42. The molecule has 1 saturated heterocycles. The van der Waals surface area contributed by atoms with Crippen LogP contribution in [-0.2, 0) is 16.0 Å². The standard InChI is InChI=1S/C26H33N3O3/c1-20(2)24(27-25(31)22-13-7-4-8-14-22)26(32)29-18-16-28(17-19-29)23(30)15-9-12-21-10-5-3-6-11-21/h3-8,10-11,13-14,20,24H,9,12,15-19H2,1-2H3,(H,27,31). The van der Waals surface area contributed by atoms with Crippen LogP contribution in [0, 0.1) is 5.92 Å². The number of amides is 3. The van der Waals surface area contributed by atoms with Gasteiger partial charge in [-0.25, -0.2) is 0 Å². The van der Waals surface area contributed by atoms with Crippen LogP contribution in [0.4, 0.5) is 0 Å². The molecule has 1 aliphatic rings. The largest absolute Gasteiger partial charge is 0.340 e. The second kappa shape index (κ2) is 11.5. The molecule has 6 nitrogen and oxygen atoms in total. The molecule has 32 heavy (non-hydrogen) atoms. The molecule has 1 unspecified atom stereocenters. The molecule has 0 saturated carbocycles. The minimum atomic E-state index is -0.587. The van der Waals surface area contributed by atoms with E-state index in [1.54, 1.807) is 29.2 Å². The van der Waals surface area contributed by atoms with E-state index >= 15 is 0 Å². The van der Waals surface area contributed by atoms with Gasteiger partial charge in [0.25, 0.3) is 5.91 Å². The summed E-state index contributed by atoms with van der Waals surface area (Å²) in [5.74, 6) is -0.219. The molecule has 1 N–H and O–H groups in total. The summed E-state index contributed by atoms with van der Waals surface area (Å²) in [5, 5.41) is 2.90. The SMILES string of the molecule is CC(C)C(NC(=O)c1ccccc1)C(=O)N1CCN(C(=O)CCCc2ccccc2)CC1. The van der Waals surface area contributed by atoms with Crippen LogP contribution < -0.4 is 5.32 Å². The van der Waals surface area contributed by atoms with Crippen molar-refractivity contribution in [2.75, 3.05) is 26.2 Å². The minimum Gasteiger partial charge on any atom is -0.340 e. The summed E-state index contributed by atoms with van der Waals surface area (Å²) in [6.45, 7) is 5.92. The molecular formula is C26H33N3O3. The maximum absolute atomic E-state index is 13.1. The summed E-state index contributed by atoms with van der Waals surface area (Å²) in [6.07, 6.45) is 2.23. The van der Waals surface area contributed by atoms with Gasteiger partial charge < -0.3 is 15.1 Å². The number of benzene rings is 2. The van der Waals surface area contributed by atoms with Crippen LogP contribution in [0.25, 0.3) is 0 Å². The highest BCUT2D eigenvalue weighted by Crippen LogP contribution is 2.13. The molecular weight excluding hydrogens is 402 g/mol. The van der Waals surface area contributed by atoms with E-state index in [2.05, 4.69) is 17.4 Å². The van der Waals surface area contributed by atoms with Crippen LogP contribution in [0.1, 0.15) is 42.6 Å². The molecule has 2 aromatic rings. The van der Waals surface area contributed by atoms with Gasteiger partial charge in [0.2, 0.25) is 11.8 Å². The third kappa shape index (κ3) is 6.42. The Morgan fingerprint density at radius 1 is 0.844 bits per heavy atom. The molecule has 0 aliphatic carbocycles. The minimum absolute atomic E-state index is 0.0344. The third-order valence-corrected chi connectivity index (χ3v) is 5.90. The number of rotatable bonds is 8. The smallest absolute Gasteiger partial charge is 0.251 e. The second-order valence-electron chi connectivity index (χ2n) is 8.61. The topological polar surface area (TPSA) is 69.7 Å². The summed E-state index contributed by atoms with van der Waals surface area (Å²) in [7, 11) is 0. The first-order valence-electron chi connectivity index (χ1n) is 11.4. The van der Waals surface area contributed by atoms with E-state index in [4.69, 9.17) is 0 Å². The van der Waals surface area contributed by atoms with E-state index in [1.807, 2.05) is 43.0 Å². The number of aryl methyl sites for hydroxylation is 1. The number of nitrogens with zero attached hydrogens (tertiary/aromatic N) is 2. The Bertz CT molecular complexity index is 891. The number of nitrogens with one attached hydrogen (secondary N) is 1.